The molecule has 0 N–H and O–H groups in total. The molecule has 2 aromatic rings. The number of rotatable bonds is 1. The molecule has 0 aliphatic heterocycles. The lowest BCUT2D eigenvalue weighted by molar-refractivity contribution is 0.584. The molecular weight excluding hydrogens is 220 g/mol. The molecular formula is C16H20N2. The van der Waals surface area contributed by atoms with E-state index in [4.69, 9.17) is 0 Å². The van der Waals surface area contributed by atoms with Crippen LogP contribution in [0.5, 0.6) is 0 Å². The van der Waals surface area contributed by atoms with Crippen LogP contribution >= 0.6 is 0 Å². The Bertz CT molecular complexity index is 528. The maximum Gasteiger partial charge on any atom is 0.159 e. The summed E-state index contributed by atoms with van der Waals surface area (Å²) in [5.41, 5.74) is 4.84. The van der Waals surface area contributed by atoms with Crippen molar-refractivity contribution in [3.63, 3.8) is 0 Å². The largest absolute Gasteiger partial charge is 0.236 e. The maximum absolute atomic E-state index is 4.49. The summed E-state index contributed by atoms with van der Waals surface area (Å²) in [6.45, 7) is 10.7. The van der Waals surface area contributed by atoms with E-state index in [1.165, 1.54) is 11.1 Å². The lowest BCUT2D eigenvalue weighted by Crippen LogP contribution is -2.12. The van der Waals surface area contributed by atoms with Crippen molar-refractivity contribution in [1.29, 1.82) is 0 Å². The van der Waals surface area contributed by atoms with Crippen LogP contribution in [0.1, 0.15) is 37.5 Å². The Morgan fingerprint density at radius 2 is 1.33 bits per heavy atom. The molecule has 0 atom stereocenters. The molecule has 1 aromatic heterocycles. The molecule has 1 heterocycles. The molecule has 0 saturated heterocycles. The summed E-state index contributed by atoms with van der Waals surface area (Å²) in [6, 6.07) is 6.41. The summed E-state index contributed by atoms with van der Waals surface area (Å²) in [5.74, 6) is 0.801. The lowest BCUT2D eigenvalue weighted by Gasteiger charge is -2.17. The van der Waals surface area contributed by atoms with E-state index in [1.807, 2.05) is 12.4 Å². The van der Waals surface area contributed by atoms with Crippen LogP contribution in [0.15, 0.2) is 30.6 Å². The first-order valence-electron chi connectivity index (χ1n) is 6.27. The van der Waals surface area contributed by atoms with Crippen LogP contribution in [-0.4, -0.2) is 9.97 Å². The summed E-state index contributed by atoms with van der Waals surface area (Å²) in [6.07, 6.45) is 3.86. The Morgan fingerprint density at radius 1 is 0.833 bits per heavy atom. The molecule has 0 radical (unpaired) electrons. The monoisotopic (exact) mass is 240 g/mol. The van der Waals surface area contributed by atoms with Crippen molar-refractivity contribution in [1.82, 2.24) is 9.97 Å². The highest BCUT2D eigenvalue weighted by atomic mass is 14.9. The Labute approximate surface area is 109 Å². The molecule has 0 saturated carbocycles. The molecule has 0 aliphatic rings. The van der Waals surface area contributed by atoms with Crippen molar-refractivity contribution in [2.24, 2.45) is 0 Å². The van der Waals surface area contributed by atoms with Gasteiger partial charge in [-0.2, -0.15) is 0 Å². The smallest absolute Gasteiger partial charge is 0.159 e. The van der Waals surface area contributed by atoms with E-state index in [0.717, 1.165) is 17.0 Å². The van der Waals surface area contributed by atoms with E-state index in [0.29, 0.717) is 0 Å². The van der Waals surface area contributed by atoms with Gasteiger partial charge in [-0.3, -0.25) is 0 Å². The van der Waals surface area contributed by atoms with E-state index in [9.17, 15) is 0 Å². The van der Waals surface area contributed by atoms with Gasteiger partial charge in [-0.1, -0.05) is 38.0 Å². The van der Waals surface area contributed by atoms with E-state index in [-0.39, 0.29) is 5.41 Å². The third kappa shape index (κ3) is 2.76. The average Bonchev–Trinajstić information content (AvgIpc) is 2.27. The first kappa shape index (κ1) is 12.7. The standard InChI is InChI=1S/C16H20N2/c1-11-6-12(2)8-13(7-11)15-17-9-14(10-18-15)16(3,4)5/h6-10H,1-5H3. The van der Waals surface area contributed by atoms with E-state index in [2.05, 4.69) is 62.8 Å². The fourth-order valence-corrected chi connectivity index (χ4v) is 1.97. The van der Waals surface area contributed by atoms with Crippen LogP contribution in [-0.2, 0) is 5.41 Å². The van der Waals surface area contributed by atoms with Crippen molar-refractivity contribution in [3.8, 4) is 11.4 Å². The second-order valence-corrected chi connectivity index (χ2v) is 5.92. The minimum absolute atomic E-state index is 0.0983. The third-order valence-corrected chi connectivity index (χ3v) is 3.00. The van der Waals surface area contributed by atoms with Gasteiger partial charge in [-0.05, 0) is 37.0 Å². The van der Waals surface area contributed by atoms with Crippen molar-refractivity contribution >= 4 is 0 Å². The minimum Gasteiger partial charge on any atom is -0.236 e. The minimum atomic E-state index is 0.0983. The van der Waals surface area contributed by atoms with Gasteiger partial charge < -0.3 is 0 Å². The Hall–Kier alpha value is -1.70. The van der Waals surface area contributed by atoms with Gasteiger partial charge >= 0.3 is 0 Å². The fraction of sp³-hybridized carbons (Fsp3) is 0.375. The average molecular weight is 240 g/mol. The molecule has 0 fully saturated rings. The molecule has 0 aliphatic carbocycles. The van der Waals surface area contributed by atoms with Crippen LogP contribution in [0.4, 0.5) is 0 Å². The summed E-state index contributed by atoms with van der Waals surface area (Å²) < 4.78 is 0. The second-order valence-electron chi connectivity index (χ2n) is 5.92. The number of nitrogens with zero attached hydrogens (tertiary/aromatic N) is 2. The topological polar surface area (TPSA) is 25.8 Å². The van der Waals surface area contributed by atoms with Gasteiger partial charge in [0.25, 0.3) is 0 Å². The highest BCUT2D eigenvalue weighted by Crippen LogP contribution is 2.23. The zero-order chi connectivity index (χ0) is 13.3. The molecule has 0 spiro atoms. The van der Waals surface area contributed by atoms with Crippen LogP contribution < -0.4 is 0 Å². The predicted molar refractivity (Wildman–Crippen MR) is 75.6 cm³/mol. The molecule has 0 amide bonds. The van der Waals surface area contributed by atoms with Crippen LogP contribution in [0, 0.1) is 13.8 Å². The van der Waals surface area contributed by atoms with Crippen LogP contribution in [0.25, 0.3) is 11.4 Å². The van der Waals surface area contributed by atoms with Gasteiger partial charge in [0.15, 0.2) is 5.82 Å². The SMILES string of the molecule is Cc1cc(C)cc(-c2ncc(C(C)(C)C)cn2)c1. The van der Waals surface area contributed by atoms with Gasteiger partial charge in [0.05, 0.1) is 0 Å². The summed E-state index contributed by atoms with van der Waals surface area (Å²) in [7, 11) is 0. The molecule has 1 aromatic carbocycles. The second kappa shape index (κ2) is 4.52. The van der Waals surface area contributed by atoms with Gasteiger partial charge in [-0.25, -0.2) is 9.97 Å². The van der Waals surface area contributed by atoms with E-state index in [1.54, 1.807) is 0 Å². The summed E-state index contributed by atoms with van der Waals surface area (Å²) in [4.78, 5) is 8.97. The van der Waals surface area contributed by atoms with Crippen molar-refractivity contribution in [2.45, 2.75) is 40.0 Å². The number of aromatic nitrogens is 2. The highest BCUT2D eigenvalue weighted by molar-refractivity contribution is 5.57. The van der Waals surface area contributed by atoms with Crippen LogP contribution in [0.3, 0.4) is 0 Å². The molecule has 94 valence electrons. The van der Waals surface area contributed by atoms with Gasteiger partial charge in [0, 0.05) is 18.0 Å². The van der Waals surface area contributed by atoms with Gasteiger partial charge in [-0.15, -0.1) is 0 Å². The van der Waals surface area contributed by atoms with Gasteiger partial charge in [0.2, 0.25) is 0 Å². The van der Waals surface area contributed by atoms with E-state index >= 15 is 0 Å². The quantitative estimate of drug-likeness (QED) is 0.751. The Balaban J connectivity index is 2.40. The number of benzene rings is 1. The van der Waals surface area contributed by atoms with Crippen molar-refractivity contribution in [2.75, 3.05) is 0 Å². The normalized spacial score (nSPS) is 11.6. The molecule has 0 unspecified atom stereocenters. The lowest BCUT2D eigenvalue weighted by atomic mass is 9.89. The first-order chi connectivity index (χ1) is 8.36. The predicted octanol–water partition coefficient (Wildman–Crippen LogP) is 4.06. The summed E-state index contributed by atoms with van der Waals surface area (Å²) >= 11 is 0. The maximum atomic E-state index is 4.49. The van der Waals surface area contributed by atoms with E-state index < -0.39 is 0 Å². The first-order valence-corrected chi connectivity index (χ1v) is 6.27. The molecule has 2 rings (SSSR count). The zero-order valence-electron chi connectivity index (χ0n) is 11.8. The number of aryl methyl sites for hydroxylation is 2. The zero-order valence-corrected chi connectivity index (χ0v) is 11.8. The summed E-state index contributed by atoms with van der Waals surface area (Å²) in [5, 5.41) is 0. The number of hydrogen-bond donors (Lipinski definition) is 0. The highest BCUT2D eigenvalue weighted by Gasteiger charge is 2.14. The molecule has 2 heteroatoms. The third-order valence-electron chi connectivity index (χ3n) is 3.00. The van der Waals surface area contributed by atoms with Crippen molar-refractivity contribution in [3.05, 3.63) is 47.3 Å². The molecule has 0 bridgehead atoms. The van der Waals surface area contributed by atoms with Gasteiger partial charge in [0.1, 0.15) is 0 Å². The molecule has 18 heavy (non-hydrogen) atoms. The van der Waals surface area contributed by atoms with Crippen molar-refractivity contribution < 1.29 is 0 Å². The Morgan fingerprint density at radius 3 is 1.78 bits per heavy atom. The Kier molecular flexibility index (Phi) is 3.20. The number of hydrogen-bond acceptors (Lipinski definition) is 2. The van der Waals surface area contributed by atoms with Crippen LogP contribution in [0.2, 0.25) is 0 Å². The molecule has 2 nitrogen and oxygen atoms in total. The fourth-order valence-electron chi connectivity index (χ4n) is 1.97.